The summed E-state index contributed by atoms with van der Waals surface area (Å²) in [7, 11) is 0. The van der Waals surface area contributed by atoms with Crippen molar-refractivity contribution >= 4 is 17.6 Å². The van der Waals surface area contributed by atoms with E-state index >= 15 is 0 Å². The molecule has 1 aromatic heterocycles. The van der Waals surface area contributed by atoms with Gasteiger partial charge in [0.15, 0.2) is 0 Å². The molecular weight excluding hydrogens is 298 g/mol. The minimum absolute atomic E-state index is 0.0109. The molecule has 0 fully saturated rings. The maximum absolute atomic E-state index is 11.9. The molecule has 23 heavy (non-hydrogen) atoms. The Morgan fingerprint density at radius 3 is 2.65 bits per heavy atom. The first-order valence-electron chi connectivity index (χ1n) is 7.23. The van der Waals surface area contributed by atoms with Gasteiger partial charge in [-0.2, -0.15) is 0 Å². The standard InChI is InChI=1S/C16H17N3O4/c1-2-3-8-23-16(22)11-4-6-12(7-5-11)19-15(21)13-9-14(20)18-10-17-13/h4-7,9-10H,2-3,8H2,1H3,(H,19,21)(H,17,18,20). The van der Waals surface area contributed by atoms with E-state index in [1.807, 2.05) is 6.92 Å². The molecule has 0 atom stereocenters. The lowest BCUT2D eigenvalue weighted by molar-refractivity contribution is 0.0499. The number of esters is 1. The van der Waals surface area contributed by atoms with Crippen LogP contribution >= 0.6 is 0 Å². The third kappa shape index (κ3) is 4.77. The van der Waals surface area contributed by atoms with Crippen molar-refractivity contribution in [2.75, 3.05) is 11.9 Å². The van der Waals surface area contributed by atoms with E-state index in [0.717, 1.165) is 25.2 Å². The van der Waals surface area contributed by atoms with E-state index in [1.54, 1.807) is 24.3 Å². The largest absolute Gasteiger partial charge is 0.462 e. The van der Waals surface area contributed by atoms with Crippen molar-refractivity contribution in [3.63, 3.8) is 0 Å². The molecule has 2 aromatic rings. The van der Waals surface area contributed by atoms with Gasteiger partial charge in [0.25, 0.3) is 11.5 Å². The van der Waals surface area contributed by atoms with Gasteiger partial charge in [0.1, 0.15) is 5.69 Å². The van der Waals surface area contributed by atoms with Crippen molar-refractivity contribution in [1.82, 2.24) is 9.97 Å². The van der Waals surface area contributed by atoms with Crippen LogP contribution in [-0.4, -0.2) is 28.5 Å². The lowest BCUT2D eigenvalue weighted by Gasteiger charge is -2.06. The van der Waals surface area contributed by atoms with Gasteiger partial charge in [0.05, 0.1) is 18.5 Å². The van der Waals surface area contributed by atoms with Crippen molar-refractivity contribution in [3.05, 3.63) is 58.3 Å². The van der Waals surface area contributed by atoms with Crippen LogP contribution in [0.15, 0.2) is 41.5 Å². The van der Waals surface area contributed by atoms with E-state index in [-0.39, 0.29) is 5.69 Å². The molecule has 120 valence electrons. The van der Waals surface area contributed by atoms with E-state index in [1.165, 1.54) is 0 Å². The Balaban J connectivity index is 1.98. The summed E-state index contributed by atoms with van der Waals surface area (Å²) in [5, 5.41) is 2.60. The molecule has 0 unspecified atom stereocenters. The molecule has 0 spiro atoms. The number of anilines is 1. The van der Waals surface area contributed by atoms with E-state index in [4.69, 9.17) is 4.74 Å². The molecule has 1 aromatic carbocycles. The van der Waals surface area contributed by atoms with Crippen molar-refractivity contribution < 1.29 is 14.3 Å². The number of H-pyrrole nitrogens is 1. The fourth-order valence-corrected chi connectivity index (χ4v) is 1.77. The Kier molecular flexibility index (Phi) is 5.62. The van der Waals surface area contributed by atoms with Crippen molar-refractivity contribution in [2.45, 2.75) is 19.8 Å². The minimum atomic E-state index is -0.505. The quantitative estimate of drug-likeness (QED) is 0.627. The first kappa shape index (κ1) is 16.4. The fraction of sp³-hybridized carbons (Fsp3) is 0.250. The van der Waals surface area contributed by atoms with Gasteiger partial charge in [-0.05, 0) is 30.7 Å². The second-order valence-corrected chi connectivity index (χ2v) is 4.82. The van der Waals surface area contributed by atoms with E-state index in [0.29, 0.717) is 17.9 Å². The third-order valence-electron chi connectivity index (χ3n) is 3.02. The van der Waals surface area contributed by atoms with E-state index in [2.05, 4.69) is 15.3 Å². The number of carbonyl (C=O) groups excluding carboxylic acids is 2. The Morgan fingerprint density at radius 1 is 1.26 bits per heavy atom. The summed E-state index contributed by atoms with van der Waals surface area (Å²) in [6, 6.07) is 7.40. The van der Waals surface area contributed by atoms with E-state index < -0.39 is 17.4 Å². The molecule has 0 bridgehead atoms. The number of hydrogen-bond acceptors (Lipinski definition) is 5. The van der Waals surface area contributed by atoms with Gasteiger partial charge in [-0.15, -0.1) is 0 Å². The number of benzene rings is 1. The van der Waals surface area contributed by atoms with Crippen LogP contribution in [0.5, 0.6) is 0 Å². The van der Waals surface area contributed by atoms with Crippen LogP contribution in [0, 0.1) is 0 Å². The number of aromatic amines is 1. The molecular formula is C16H17N3O4. The maximum Gasteiger partial charge on any atom is 0.338 e. The summed E-state index contributed by atoms with van der Waals surface area (Å²) < 4.78 is 5.10. The van der Waals surface area contributed by atoms with Crippen LogP contribution in [0.1, 0.15) is 40.6 Å². The Hall–Kier alpha value is -2.96. The molecule has 2 N–H and O–H groups in total. The zero-order valence-corrected chi connectivity index (χ0v) is 12.7. The van der Waals surface area contributed by atoms with Crippen LogP contribution in [0.4, 0.5) is 5.69 Å². The maximum atomic E-state index is 11.9. The summed E-state index contributed by atoms with van der Waals surface area (Å²) >= 11 is 0. The minimum Gasteiger partial charge on any atom is -0.462 e. The molecule has 7 nitrogen and oxygen atoms in total. The number of hydrogen-bond donors (Lipinski definition) is 2. The number of nitrogens with zero attached hydrogens (tertiary/aromatic N) is 1. The Morgan fingerprint density at radius 2 is 2.00 bits per heavy atom. The lowest BCUT2D eigenvalue weighted by atomic mass is 10.2. The normalized spacial score (nSPS) is 10.1. The summed E-state index contributed by atoms with van der Waals surface area (Å²) in [4.78, 5) is 41.0. The van der Waals surface area contributed by atoms with Crippen LogP contribution in [0.2, 0.25) is 0 Å². The summed E-state index contributed by atoms with van der Waals surface area (Å²) in [6.45, 7) is 2.41. The number of carbonyl (C=O) groups is 2. The van der Waals surface area contributed by atoms with Gasteiger partial charge in [-0.1, -0.05) is 13.3 Å². The number of ether oxygens (including phenoxy) is 1. The zero-order chi connectivity index (χ0) is 16.7. The zero-order valence-electron chi connectivity index (χ0n) is 12.7. The first-order chi connectivity index (χ1) is 11.1. The number of aromatic nitrogens is 2. The SMILES string of the molecule is CCCCOC(=O)c1ccc(NC(=O)c2cc(=O)[nH]cn2)cc1. The van der Waals surface area contributed by atoms with Gasteiger partial charge in [0, 0.05) is 11.8 Å². The lowest BCUT2D eigenvalue weighted by Crippen LogP contribution is -2.17. The van der Waals surface area contributed by atoms with Crippen molar-refractivity contribution in [3.8, 4) is 0 Å². The fourth-order valence-electron chi connectivity index (χ4n) is 1.77. The Labute approximate surface area is 132 Å². The second kappa shape index (κ2) is 7.88. The topological polar surface area (TPSA) is 101 Å². The number of nitrogens with one attached hydrogen (secondary N) is 2. The average molecular weight is 315 g/mol. The monoisotopic (exact) mass is 315 g/mol. The molecule has 0 aliphatic carbocycles. The van der Waals surface area contributed by atoms with Crippen LogP contribution in [0.25, 0.3) is 0 Å². The highest BCUT2D eigenvalue weighted by molar-refractivity contribution is 6.03. The van der Waals surface area contributed by atoms with E-state index in [9.17, 15) is 14.4 Å². The van der Waals surface area contributed by atoms with Crippen molar-refractivity contribution in [2.24, 2.45) is 0 Å². The molecule has 0 saturated heterocycles. The van der Waals surface area contributed by atoms with Gasteiger partial charge in [-0.25, -0.2) is 9.78 Å². The molecule has 7 heteroatoms. The summed E-state index contributed by atoms with van der Waals surface area (Å²) in [5.41, 5.74) is 0.502. The predicted octanol–water partition coefficient (Wildman–Crippen LogP) is 1.98. The number of rotatable bonds is 6. The highest BCUT2D eigenvalue weighted by atomic mass is 16.5. The highest BCUT2D eigenvalue weighted by Gasteiger charge is 2.10. The smallest absolute Gasteiger partial charge is 0.338 e. The van der Waals surface area contributed by atoms with Crippen LogP contribution < -0.4 is 10.9 Å². The molecule has 2 rings (SSSR count). The predicted molar refractivity (Wildman–Crippen MR) is 84.4 cm³/mol. The van der Waals surface area contributed by atoms with Gasteiger partial charge in [0.2, 0.25) is 0 Å². The first-order valence-corrected chi connectivity index (χ1v) is 7.23. The summed E-state index contributed by atoms with van der Waals surface area (Å²) in [6.07, 6.45) is 2.93. The number of unbranched alkanes of at least 4 members (excludes halogenated alkanes) is 1. The van der Waals surface area contributed by atoms with Crippen molar-refractivity contribution in [1.29, 1.82) is 0 Å². The molecule has 0 radical (unpaired) electrons. The van der Waals surface area contributed by atoms with Crippen LogP contribution in [0.3, 0.4) is 0 Å². The number of amides is 1. The molecule has 1 heterocycles. The average Bonchev–Trinajstić information content (AvgIpc) is 2.55. The van der Waals surface area contributed by atoms with Gasteiger partial charge in [-0.3, -0.25) is 9.59 Å². The molecule has 0 saturated carbocycles. The molecule has 1 amide bonds. The van der Waals surface area contributed by atoms with Crippen LogP contribution in [-0.2, 0) is 4.74 Å². The molecule has 0 aliphatic heterocycles. The summed E-state index contributed by atoms with van der Waals surface area (Å²) in [5.74, 6) is -0.901. The Bertz CT molecular complexity index is 737. The van der Waals surface area contributed by atoms with Gasteiger partial charge >= 0.3 is 5.97 Å². The highest BCUT2D eigenvalue weighted by Crippen LogP contribution is 2.11. The third-order valence-corrected chi connectivity index (χ3v) is 3.02. The second-order valence-electron chi connectivity index (χ2n) is 4.82. The molecule has 0 aliphatic rings. The van der Waals surface area contributed by atoms with Gasteiger partial charge < -0.3 is 15.0 Å².